The molecule has 2 N–H and O–H groups in total. The van der Waals surface area contributed by atoms with Gasteiger partial charge in [-0.25, -0.2) is 9.37 Å². The number of nitrogens with two attached hydrogens (primary N) is 1. The third kappa shape index (κ3) is 4.85. The summed E-state index contributed by atoms with van der Waals surface area (Å²) in [6.45, 7) is 1.17. The number of thiazole rings is 1. The van der Waals surface area contributed by atoms with Crippen LogP contribution in [0.4, 0.5) is 9.52 Å². The van der Waals surface area contributed by atoms with Crippen molar-refractivity contribution in [2.45, 2.75) is 19.3 Å². The summed E-state index contributed by atoms with van der Waals surface area (Å²) < 4.78 is 25.1. The Labute approximate surface area is 190 Å². The highest BCUT2D eigenvalue weighted by atomic mass is 32.1. The lowest BCUT2D eigenvalue weighted by Crippen LogP contribution is -2.35. The fourth-order valence-corrected chi connectivity index (χ4v) is 4.50. The van der Waals surface area contributed by atoms with Crippen LogP contribution in [0, 0.1) is 11.7 Å². The maximum Gasteiger partial charge on any atom is 0.274 e. The van der Waals surface area contributed by atoms with E-state index in [4.69, 9.17) is 15.2 Å². The van der Waals surface area contributed by atoms with Gasteiger partial charge in [0.2, 0.25) is 0 Å². The van der Waals surface area contributed by atoms with Crippen LogP contribution in [-0.2, 0) is 6.42 Å². The number of carbonyl (C=O) groups excluding carboxylic acids is 1. The van der Waals surface area contributed by atoms with Gasteiger partial charge >= 0.3 is 0 Å². The minimum atomic E-state index is -0.399. The molecule has 6 nitrogen and oxygen atoms in total. The van der Waals surface area contributed by atoms with Gasteiger partial charge in [0, 0.05) is 18.7 Å². The van der Waals surface area contributed by atoms with Crippen molar-refractivity contribution < 1.29 is 18.7 Å². The number of methoxy groups -OCH3 is 2. The molecule has 1 aliphatic rings. The summed E-state index contributed by atoms with van der Waals surface area (Å²) in [4.78, 5) is 20.1. The molecule has 4 rings (SSSR count). The highest BCUT2D eigenvalue weighted by Gasteiger charge is 2.30. The van der Waals surface area contributed by atoms with E-state index < -0.39 is 5.82 Å². The van der Waals surface area contributed by atoms with E-state index in [1.807, 2.05) is 23.1 Å². The van der Waals surface area contributed by atoms with Gasteiger partial charge in [0.1, 0.15) is 11.5 Å². The van der Waals surface area contributed by atoms with E-state index in [0.717, 1.165) is 29.7 Å². The minimum Gasteiger partial charge on any atom is -0.493 e. The minimum absolute atomic E-state index is 0.213. The van der Waals surface area contributed by atoms with Crippen molar-refractivity contribution >= 4 is 22.4 Å². The smallest absolute Gasteiger partial charge is 0.274 e. The van der Waals surface area contributed by atoms with E-state index in [2.05, 4.69) is 4.98 Å². The van der Waals surface area contributed by atoms with Crippen LogP contribution in [0.5, 0.6) is 11.5 Å². The van der Waals surface area contributed by atoms with E-state index in [1.54, 1.807) is 32.4 Å². The molecule has 1 fully saturated rings. The maximum absolute atomic E-state index is 14.4. The van der Waals surface area contributed by atoms with E-state index in [0.29, 0.717) is 47.4 Å². The SMILES string of the molecule is COc1ccc(CCN(CC2CC2)C(=O)c2nc(N)sc2-c2ccccc2F)cc1OC. The molecule has 32 heavy (non-hydrogen) atoms. The van der Waals surface area contributed by atoms with Gasteiger partial charge in [0.15, 0.2) is 16.6 Å². The van der Waals surface area contributed by atoms with Crippen LogP contribution in [0.2, 0.25) is 0 Å². The van der Waals surface area contributed by atoms with Crippen LogP contribution in [0.25, 0.3) is 10.4 Å². The maximum atomic E-state index is 14.4. The average Bonchev–Trinajstić information content (AvgIpc) is 3.55. The molecule has 0 unspecified atom stereocenters. The third-order valence-corrected chi connectivity index (χ3v) is 6.46. The Kier molecular flexibility index (Phi) is 6.60. The molecule has 0 aliphatic heterocycles. The van der Waals surface area contributed by atoms with Crippen LogP contribution >= 0.6 is 11.3 Å². The molecule has 0 saturated heterocycles. The van der Waals surface area contributed by atoms with Crippen molar-refractivity contribution in [1.29, 1.82) is 0 Å². The summed E-state index contributed by atoms with van der Waals surface area (Å²) in [5.74, 6) is 1.19. The van der Waals surface area contributed by atoms with E-state index >= 15 is 0 Å². The van der Waals surface area contributed by atoms with Crippen molar-refractivity contribution in [2.75, 3.05) is 33.0 Å². The number of nitrogens with zero attached hydrogens (tertiary/aromatic N) is 2. The lowest BCUT2D eigenvalue weighted by molar-refractivity contribution is 0.0745. The van der Waals surface area contributed by atoms with Crippen LogP contribution in [0.15, 0.2) is 42.5 Å². The monoisotopic (exact) mass is 455 g/mol. The Morgan fingerprint density at radius 2 is 1.94 bits per heavy atom. The topological polar surface area (TPSA) is 77.7 Å². The Hall–Kier alpha value is -3.13. The van der Waals surface area contributed by atoms with Crippen molar-refractivity contribution in [3.63, 3.8) is 0 Å². The standard InChI is InChI=1S/C24H26FN3O3S/c1-30-19-10-9-15(13-20(19)31-2)11-12-28(14-16-7-8-16)23(29)21-22(32-24(26)27-21)17-5-3-4-6-18(17)25/h3-6,9-10,13,16H,7-8,11-12,14H2,1-2H3,(H2,26,27). The molecule has 0 radical (unpaired) electrons. The second kappa shape index (κ2) is 9.56. The predicted molar refractivity (Wildman–Crippen MR) is 124 cm³/mol. The lowest BCUT2D eigenvalue weighted by atomic mass is 10.1. The van der Waals surface area contributed by atoms with Crippen LogP contribution in [-0.4, -0.2) is 43.1 Å². The molecule has 0 bridgehead atoms. The molecule has 1 heterocycles. The van der Waals surface area contributed by atoms with Crippen LogP contribution in [0.1, 0.15) is 28.9 Å². The first kappa shape index (κ1) is 22.1. The fourth-order valence-electron chi connectivity index (χ4n) is 3.65. The molecule has 0 spiro atoms. The first-order valence-electron chi connectivity index (χ1n) is 10.5. The number of aromatic nitrogens is 1. The van der Waals surface area contributed by atoms with Gasteiger partial charge in [-0.3, -0.25) is 4.79 Å². The summed E-state index contributed by atoms with van der Waals surface area (Å²) in [5, 5.41) is 0.248. The van der Waals surface area contributed by atoms with Gasteiger partial charge < -0.3 is 20.1 Å². The first-order chi connectivity index (χ1) is 15.5. The summed E-state index contributed by atoms with van der Waals surface area (Å²) in [6, 6.07) is 12.1. The van der Waals surface area contributed by atoms with Gasteiger partial charge in [-0.2, -0.15) is 0 Å². The highest BCUT2D eigenvalue weighted by Crippen LogP contribution is 2.36. The number of hydrogen-bond acceptors (Lipinski definition) is 6. The zero-order valence-corrected chi connectivity index (χ0v) is 19.0. The Balaban J connectivity index is 1.58. The average molecular weight is 456 g/mol. The molecular weight excluding hydrogens is 429 g/mol. The Morgan fingerprint density at radius 1 is 1.19 bits per heavy atom. The number of carbonyl (C=O) groups is 1. The normalized spacial score (nSPS) is 13.1. The van der Waals surface area contributed by atoms with Crippen molar-refractivity contribution in [2.24, 2.45) is 5.92 Å². The first-order valence-corrected chi connectivity index (χ1v) is 11.3. The molecule has 1 aliphatic carbocycles. The second-order valence-corrected chi connectivity index (χ2v) is 8.87. The molecule has 1 amide bonds. The van der Waals surface area contributed by atoms with E-state index in [-0.39, 0.29) is 16.7 Å². The summed E-state index contributed by atoms with van der Waals surface area (Å²) in [7, 11) is 3.20. The number of halogens is 1. The number of rotatable bonds is 9. The lowest BCUT2D eigenvalue weighted by Gasteiger charge is -2.23. The van der Waals surface area contributed by atoms with Crippen molar-refractivity contribution in [1.82, 2.24) is 9.88 Å². The number of amides is 1. The summed E-state index contributed by atoms with van der Waals surface area (Å²) in [5.41, 5.74) is 7.52. The van der Waals surface area contributed by atoms with Gasteiger partial charge in [0.05, 0.1) is 19.1 Å². The summed E-state index contributed by atoms with van der Waals surface area (Å²) >= 11 is 1.13. The van der Waals surface area contributed by atoms with E-state index in [9.17, 15) is 9.18 Å². The Morgan fingerprint density at radius 3 is 2.62 bits per heavy atom. The molecule has 0 atom stereocenters. The van der Waals surface area contributed by atoms with Crippen molar-refractivity contribution in [3.05, 3.63) is 59.5 Å². The number of ether oxygens (including phenoxy) is 2. The van der Waals surface area contributed by atoms with Gasteiger partial charge in [0.25, 0.3) is 5.91 Å². The van der Waals surface area contributed by atoms with Crippen LogP contribution < -0.4 is 15.2 Å². The third-order valence-electron chi connectivity index (χ3n) is 5.55. The molecule has 2 aromatic carbocycles. The number of hydrogen-bond donors (Lipinski definition) is 1. The molecule has 1 aromatic heterocycles. The quantitative estimate of drug-likeness (QED) is 0.508. The second-order valence-electron chi connectivity index (χ2n) is 7.84. The summed E-state index contributed by atoms with van der Waals surface area (Å²) in [6.07, 6.45) is 2.87. The number of anilines is 1. The zero-order valence-electron chi connectivity index (χ0n) is 18.1. The molecule has 3 aromatic rings. The predicted octanol–water partition coefficient (Wildman–Crippen LogP) is 4.64. The van der Waals surface area contributed by atoms with Gasteiger partial charge in [-0.05, 0) is 48.9 Å². The number of benzene rings is 2. The largest absolute Gasteiger partial charge is 0.493 e. The number of nitrogen functional groups attached to an aromatic ring is 1. The van der Waals surface area contributed by atoms with Crippen LogP contribution in [0.3, 0.4) is 0 Å². The van der Waals surface area contributed by atoms with Gasteiger partial charge in [-0.15, -0.1) is 0 Å². The highest BCUT2D eigenvalue weighted by molar-refractivity contribution is 7.19. The molecule has 1 saturated carbocycles. The molecule has 8 heteroatoms. The molecular formula is C24H26FN3O3S. The van der Waals surface area contributed by atoms with E-state index in [1.165, 1.54) is 6.07 Å². The van der Waals surface area contributed by atoms with Crippen molar-refractivity contribution in [3.8, 4) is 21.9 Å². The van der Waals surface area contributed by atoms with Gasteiger partial charge in [-0.1, -0.05) is 35.6 Å². The Bertz CT molecular complexity index is 1110. The zero-order chi connectivity index (χ0) is 22.7. The fraction of sp³-hybridized carbons (Fsp3) is 0.333. The molecule has 168 valence electrons.